The number of nitrogens with two attached hydrogens (primary N) is 1. The highest BCUT2D eigenvalue weighted by atomic mass is 15.1. The van der Waals surface area contributed by atoms with Gasteiger partial charge in [0.25, 0.3) is 0 Å². The van der Waals surface area contributed by atoms with Crippen LogP contribution in [0.2, 0.25) is 0 Å². The number of rotatable bonds is 3. The number of likely N-dealkylation sites (tertiary alicyclic amines) is 1. The van der Waals surface area contributed by atoms with E-state index in [-0.39, 0.29) is 0 Å². The molecule has 2 atom stereocenters. The maximum atomic E-state index is 5.81. The van der Waals surface area contributed by atoms with Gasteiger partial charge >= 0.3 is 0 Å². The summed E-state index contributed by atoms with van der Waals surface area (Å²) in [4.78, 5) is 6.84. The van der Waals surface area contributed by atoms with Crippen molar-refractivity contribution in [3.63, 3.8) is 0 Å². The zero-order valence-electron chi connectivity index (χ0n) is 9.97. The second-order valence-electron chi connectivity index (χ2n) is 4.82. The van der Waals surface area contributed by atoms with Crippen molar-refractivity contribution >= 4 is 0 Å². The van der Waals surface area contributed by atoms with E-state index in [2.05, 4.69) is 28.9 Å². The monoisotopic (exact) mass is 219 g/mol. The van der Waals surface area contributed by atoms with Gasteiger partial charge in [-0.25, -0.2) is 0 Å². The number of hydrogen-bond acceptors (Lipinski definition) is 3. The Kier molecular flexibility index (Phi) is 3.91. The Morgan fingerprint density at radius 2 is 2.38 bits per heavy atom. The molecule has 1 aromatic rings. The van der Waals surface area contributed by atoms with E-state index < -0.39 is 0 Å². The minimum Gasteiger partial charge on any atom is -0.330 e. The van der Waals surface area contributed by atoms with Gasteiger partial charge in [-0.2, -0.15) is 0 Å². The highest BCUT2D eigenvalue weighted by Crippen LogP contribution is 2.22. The molecule has 2 heterocycles. The van der Waals surface area contributed by atoms with Crippen molar-refractivity contribution < 1.29 is 0 Å². The normalized spacial score (nSPS) is 26.9. The van der Waals surface area contributed by atoms with Crippen LogP contribution in [0.5, 0.6) is 0 Å². The van der Waals surface area contributed by atoms with Crippen molar-refractivity contribution in [2.45, 2.75) is 19.9 Å². The molecule has 3 nitrogen and oxygen atoms in total. The third-order valence-electron chi connectivity index (χ3n) is 3.61. The molecule has 0 amide bonds. The summed E-state index contributed by atoms with van der Waals surface area (Å²) in [5.41, 5.74) is 6.97. The molecule has 1 saturated heterocycles. The standard InChI is InChI=1S/C13H21N3/c1-11-5-7-16(9-12(11)8-14)10-13-4-2-3-6-15-13/h2-4,6,11-12H,5,7-10,14H2,1H3. The van der Waals surface area contributed by atoms with Crippen molar-refractivity contribution in [2.75, 3.05) is 19.6 Å². The third-order valence-corrected chi connectivity index (χ3v) is 3.61. The van der Waals surface area contributed by atoms with Crippen LogP contribution < -0.4 is 5.73 Å². The second kappa shape index (κ2) is 5.41. The molecule has 0 saturated carbocycles. The molecule has 2 N–H and O–H groups in total. The van der Waals surface area contributed by atoms with E-state index in [1.807, 2.05) is 12.3 Å². The predicted molar refractivity (Wildman–Crippen MR) is 65.8 cm³/mol. The van der Waals surface area contributed by atoms with Crippen molar-refractivity contribution in [3.8, 4) is 0 Å². The summed E-state index contributed by atoms with van der Waals surface area (Å²) in [6, 6.07) is 6.11. The zero-order valence-corrected chi connectivity index (χ0v) is 9.97. The van der Waals surface area contributed by atoms with Crippen molar-refractivity contribution in [3.05, 3.63) is 30.1 Å². The topological polar surface area (TPSA) is 42.2 Å². The number of hydrogen-bond donors (Lipinski definition) is 1. The van der Waals surface area contributed by atoms with Gasteiger partial charge < -0.3 is 5.73 Å². The largest absolute Gasteiger partial charge is 0.330 e. The molecule has 0 spiro atoms. The van der Waals surface area contributed by atoms with Crippen LogP contribution in [0.3, 0.4) is 0 Å². The molecule has 88 valence electrons. The first-order valence-corrected chi connectivity index (χ1v) is 6.12. The predicted octanol–water partition coefficient (Wildman–Crippen LogP) is 1.50. The average molecular weight is 219 g/mol. The minimum atomic E-state index is 0.650. The number of pyridine rings is 1. The minimum absolute atomic E-state index is 0.650. The van der Waals surface area contributed by atoms with Gasteiger partial charge in [0.05, 0.1) is 5.69 Å². The fraction of sp³-hybridized carbons (Fsp3) is 0.615. The molecule has 0 aliphatic carbocycles. The van der Waals surface area contributed by atoms with Gasteiger partial charge in [-0.15, -0.1) is 0 Å². The van der Waals surface area contributed by atoms with E-state index in [9.17, 15) is 0 Å². The molecular weight excluding hydrogens is 198 g/mol. The van der Waals surface area contributed by atoms with Crippen LogP contribution in [0.1, 0.15) is 19.0 Å². The second-order valence-corrected chi connectivity index (χ2v) is 4.82. The first-order chi connectivity index (χ1) is 7.79. The van der Waals surface area contributed by atoms with E-state index in [1.54, 1.807) is 0 Å². The molecule has 1 fully saturated rings. The Labute approximate surface area is 97.7 Å². The average Bonchev–Trinajstić information content (AvgIpc) is 2.33. The molecule has 3 heteroatoms. The Hall–Kier alpha value is -0.930. The fourth-order valence-electron chi connectivity index (χ4n) is 2.40. The Morgan fingerprint density at radius 1 is 1.50 bits per heavy atom. The number of aromatic nitrogens is 1. The SMILES string of the molecule is CC1CCN(Cc2ccccn2)CC1CN. The molecule has 0 radical (unpaired) electrons. The summed E-state index contributed by atoms with van der Waals surface area (Å²) in [7, 11) is 0. The number of piperidine rings is 1. The highest BCUT2D eigenvalue weighted by molar-refractivity contribution is 5.03. The lowest BCUT2D eigenvalue weighted by molar-refractivity contribution is 0.125. The van der Waals surface area contributed by atoms with Crippen molar-refractivity contribution in [1.82, 2.24) is 9.88 Å². The summed E-state index contributed by atoms with van der Waals surface area (Å²) < 4.78 is 0. The van der Waals surface area contributed by atoms with E-state index in [0.717, 1.165) is 31.2 Å². The van der Waals surface area contributed by atoms with E-state index >= 15 is 0 Å². The van der Waals surface area contributed by atoms with Crippen molar-refractivity contribution in [2.24, 2.45) is 17.6 Å². The third kappa shape index (κ3) is 2.80. The maximum absolute atomic E-state index is 5.81. The highest BCUT2D eigenvalue weighted by Gasteiger charge is 2.24. The van der Waals surface area contributed by atoms with Crippen LogP contribution in [-0.4, -0.2) is 29.5 Å². The summed E-state index contributed by atoms with van der Waals surface area (Å²) in [5.74, 6) is 1.42. The molecule has 1 aliphatic heterocycles. The van der Waals surface area contributed by atoms with Gasteiger partial charge in [-0.05, 0) is 43.5 Å². The molecule has 1 aromatic heterocycles. The lowest BCUT2D eigenvalue weighted by Crippen LogP contribution is -2.42. The van der Waals surface area contributed by atoms with E-state index in [1.165, 1.54) is 13.0 Å². The van der Waals surface area contributed by atoms with Crippen LogP contribution in [0.15, 0.2) is 24.4 Å². The van der Waals surface area contributed by atoms with Crippen molar-refractivity contribution in [1.29, 1.82) is 0 Å². The lowest BCUT2D eigenvalue weighted by Gasteiger charge is -2.36. The van der Waals surface area contributed by atoms with Gasteiger partial charge in [-0.3, -0.25) is 9.88 Å². The molecular formula is C13H21N3. The molecule has 16 heavy (non-hydrogen) atoms. The first-order valence-electron chi connectivity index (χ1n) is 6.12. The summed E-state index contributed by atoms with van der Waals surface area (Å²) in [5, 5.41) is 0. The van der Waals surface area contributed by atoms with Gasteiger partial charge in [0.2, 0.25) is 0 Å². The summed E-state index contributed by atoms with van der Waals surface area (Å²) in [6.45, 7) is 6.38. The van der Waals surface area contributed by atoms with E-state index in [4.69, 9.17) is 5.73 Å². The molecule has 0 bridgehead atoms. The maximum Gasteiger partial charge on any atom is 0.0543 e. The summed E-state index contributed by atoms with van der Waals surface area (Å²) in [6.07, 6.45) is 3.12. The van der Waals surface area contributed by atoms with E-state index in [0.29, 0.717) is 5.92 Å². The van der Waals surface area contributed by atoms with Crippen LogP contribution in [-0.2, 0) is 6.54 Å². The van der Waals surface area contributed by atoms with Crippen LogP contribution >= 0.6 is 0 Å². The van der Waals surface area contributed by atoms with Gasteiger partial charge in [-0.1, -0.05) is 13.0 Å². The fourth-order valence-corrected chi connectivity index (χ4v) is 2.40. The van der Waals surface area contributed by atoms with Gasteiger partial charge in [0, 0.05) is 19.3 Å². The number of nitrogens with zero attached hydrogens (tertiary/aromatic N) is 2. The summed E-state index contributed by atoms with van der Waals surface area (Å²) >= 11 is 0. The Morgan fingerprint density at radius 3 is 3.06 bits per heavy atom. The first kappa shape index (κ1) is 11.6. The van der Waals surface area contributed by atoms with Crippen LogP contribution in [0.25, 0.3) is 0 Å². The Bertz CT molecular complexity index is 312. The van der Waals surface area contributed by atoms with Gasteiger partial charge in [0.1, 0.15) is 0 Å². The zero-order chi connectivity index (χ0) is 11.4. The smallest absolute Gasteiger partial charge is 0.0543 e. The van der Waals surface area contributed by atoms with Crippen LogP contribution in [0, 0.1) is 11.8 Å². The lowest BCUT2D eigenvalue weighted by atomic mass is 9.87. The Balaban J connectivity index is 1.92. The molecule has 2 unspecified atom stereocenters. The molecule has 0 aromatic carbocycles. The molecule has 1 aliphatic rings. The van der Waals surface area contributed by atoms with Gasteiger partial charge in [0.15, 0.2) is 0 Å². The molecule has 2 rings (SSSR count). The van der Waals surface area contributed by atoms with Crippen LogP contribution in [0.4, 0.5) is 0 Å². The quantitative estimate of drug-likeness (QED) is 0.837.